The standard InChI is InChI=1S/C13H18N2O3S/c1-7-3-4-9(5-7)6-14-13-15-10(12(17)18)11(19-13)8(2)16/h7,9H,3-6H2,1-2H3,(H,14,15)(H,17,18). The third kappa shape index (κ3) is 3.32. The molecule has 0 spiro atoms. The molecule has 6 heteroatoms. The Hall–Kier alpha value is -1.43. The van der Waals surface area contributed by atoms with E-state index in [-0.39, 0.29) is 16.4 Å². The van der Waals surface area contributed by atoms with Gasteiger partial charge in [-0.15, -0.1) is 0 Å². The van der Waals surface area contributed by atoms with Crippen molar-refractivity contribution in [2.24, 2.45) is 11.8 Å². The van der Waals surface area contributed by atoms with Gasteiger partial charge in [0, 0.05) is 13.5 Å². The number of carbonyl (C=O) groups excluding carboxylic acids is 1. The number of nitrogens with one attached hydrogen (secondary N) is 1. The summed E-state index contributed by atoms with van der Waals surface area (Å²) in [6, 6.07) is 0. The molecule has 0 amide bonds. The molecule has 1 aliphatic rings. The van der Waals surface area contributed by atoms with Crippen molar-refractivity contribution in [1.82, 2.24) is 4.98 Å². The smallest absolute Gasteiger partial charge is 0.356 e. The zero-order valence-electron chi connectivity index (χ0n) is 11.1. The molecule has 104 valence electrons. The minimum atomic E-state index is -1.15. The fourth-order valence-electron chi connectivity index (χ4n) is 2.52. The number of Topliss-reactive ketones (excluding diaryl/α,β-unsaturated/α-hetero) is 1. The second kappa shape index (κ2) is 5.69. The van der Waals surface area contributed by atoms with Crippen molar-refractivity contribution < 1.29 is 14.7 Å². The molecule has 2 rings (SSSR count). The molecule has 0 aliphatic heterocycles. The predicted molar refractivity (Wildman–Crippen MR) is 74.1 cm³/mol. The summed E-state index contributed by atoms with van der Waals surface area (Å²) in [4.78, 5) is 26.6. The number of carboxylic acid groups (broad SMARTS) is 1. The van der Waals surface area contributed by atoms with E-state index in [4.69, 9.17) is 5.11 Å². The van der Waals surface area contributed by atoms with Gasteiger partial charge in [0.05, 0.1) is 0 Å². The van der Waals surface area contributed by atoms with E-state index in [1.165, 1.54) is 26.2 Å². The summed E-state index contributed by atoms with van der Waals surface area (Å²) in [7, 11) is 0. The van der Waals surface area contributed by atoms with E-state index in [0.717, 1.165) is 23.8 Å². The summed E-state index contributed by atoms with van der Waals surface area (Å²) in [6.45, 7) is 4.41. The first-order valence-electron chi connectivity index (χ1n) is 6.46. The van der Waals surface area contributed by atoms with Crippen LogP contribution >= 0.6 is 11.3 Å². The van der Waals surface area contributed by atoms with Gasteiger partial charge in [-0.05, 0) is 24.7 Å². The Kier molecular flexibility index (Phi) is 4.19. The highest BCUT2D eigenvalue weighted by atomic mass is 32.1. The Morgan fingerprint density at radius 2 is 2.21 bits per heavy atom. The third-order valence-electron chi connectivity index (χ3n) is 3.49. The van der Waals surface area contributed by atoms with Gasteiger partial charge in [0.25, 0.3) is 0 Å². The van der Waals surface area contributed by atoms with Gasteiger partial charge < -0.3 is 10.4 Å². The second-order valence-electron chi connectivity index (χ2n) is 5.22. The predicted octanol–water partition coefficient (Wildman–Crippen LogP) is 2.89. The van der Waals surface area contributed by atoms with E-state index in [2.05, 4.69) is 17.2 Å². The zero-order chi connectivity index (χ0) is 14.0. The summed E-state index contributed by atoms with van der Waals surface area (Å²) in [5.41, 5.74) is -0.139. The van der Waals surface area contributed by atoms with Crippen LogP contribution in [0.3, 0.4) is 0 Å². The molecule has 0 radical (unpaired) electrons. The first-order valence-corrected chi connectivity index (χ1v) is 7.28. The van der Waals surface area contributed by atoms with Crippen LogP contribution in [0.4, 0.5) is 5.13 Å². The second-order valence-corrected chi connectivity index (χ2v) is 6.22. The maximum atomic E-state index is 11.4. The third-order valence-corrected chi connectivity index (χ3v) is 4.61. The van der Waals surface area contributed by atoms with Crippen LogP contribution in [-0.4, -0.2) is 28.4 Å². The highest BCUT2D eigenvalue weighted by Crippen LogP contribution is 2.31. The van der Waals surface area contributed by atoms with Gasteiger partial charge in [0.1, 0.15) is 4.88 Å². The van der Waals surface area contributed by atoms with Gasteiger partial charge in [0.2, 0.25) is 0 Å². The molecule has 5 nitrogen and oxygen atoms in total. The van der Waals surface area contributed by atoms with Crippen LogP contribution in [0.25, 0.3) is 0 Å². The molecule has 0 bridgehead atoms. The van der Waals surface area contributed by atoms with Crippen LogP contribution in [0.15, 0.2) is 0 Å². The van der Waals surface area contributed by atoms with Crippen molar-refractivity contribution >= 4 is 28.2 Å². The van der Waals surface area contributed by atoms with Crippen molar-refractivity contribution in [3.8, 4) is 0 Å². The van der Waals surface area contributed by atoms with Gasteiger partial charge in [-0.3, -0.25) is 4.79 Å². The molecule has 1 aliphatic carbocycles. The number of carbonyl (C=O) groups is 2. The average molecular weight is 282 g/mol. The number of aromatic nitrogens is 1. The Balaban J connectivity index is 2.03. The van der Waals surface area contributed by atoms with Gasteiger partial charge in [-0.1, -0.05) is 24.7 Å². The van der Waals surface area contributed by atoms with E-state index in [0.29, 0.717) is 11.0 Å². The van der Waals surface area contributed by atoms with Crippen molar-refractivity contribution in [2.45, 2.75) is 33.1 Å². The van der Waals surface area contributed by atoms with Crippen LogP contribution in [-0.2, 0) is 0 Å². The molecule has 2 N–H and O–H groups in total. The summed E-state index contributed by atoms with van der Waals surface area (Å²) in [6.07, 6.45) is 3.65. The molecule has 1 aromatic rings. The molecule has 1 heterocycles. The van der Waals surface area contributed by atoms with E-state index in [1.807, 2.05) is 0 Å². The van der Waals surface area contributed by atoms with Crippen molar-refractivity contribution in [2.75, 3.05) is 11.9 Å². The van der Waals surface area contributed by atoms with Gasteiger partial charge in [-0.25, -0.2) is 9.78 Å². The highest BCUT2D eigenvalue weighted by molar-refractivity contribution is 7.17. The Bertz CT molecular complexity index is 467. The maximum absolute atomic E-state index is 11.4. The van der Waals surface area contributed by atoms with E-state index in [1.54, 1.807) is 0 Å². The topological polar surface area (TPSA) is 79.3 Å². The number of nitrogens with zero attached hydrogens (tertiary/aromatic N) is 1. The summed E-state index contributed by atoms with van der Waals surface area (Å²) in [5, 5.41) is 12.7. The minimum absolute atomic E-state index is 0.139. The molecule has 2 atom stereocenters. The normalized spacial score (nSPS) is 22.4. The van der Waals surface area contributed by atoms with Crippen molar-refractivity contribution in [3.05, 3.63) is 10.6 Å². The molecular weight excluding hydrogens is 264 g/mol. The van der Waals surface area contributed by atoms with Crippen LogP contribution in [0.2, 0.25) is 0 Å². The van der Waals surface area contributed by atoms with Crippen LogP contribution in [0.1, 0.15) is 53.3 Å². The first kappa shape index (κ1) is 14.0. The van der Waals surface area contributed by atoms with Gasteiger partial charge in [-0.2, -0.15) is 0 Å². The first-order chi connectivity index (χ1) is 8.97. The lowest BCUT2D eigenvalue weighted by Crippen LogP contribution is -2.11. The number of anilines is 1. The van der Waals surface area contributed by atoms with Crippen molar-refractivity contribution in [1.29, 1.82) is 0 Å². The lowest BCUT2D eigenvalue weighted by atomic mass is 10.1. The average Bonchev–Trinajstić information content (AvgIpc) is 2.92. The SMILES string of the molecule is CC(=O)c1sc(NCC2CCC(C)C2)nc1C(=O)O. The van der Waals surface area contributed by atoms with Gasteiger partial charge >= 0.3 is 5.97 Å². The Labute approximate surface area is 116 Å². The monoisotopic (exact) mass is 282 g/mol. The largest absolute Gasteiger partial charge is 0.476 e. The van der Waals surface area contributed by atoms with E-state index >= 15 is 0 Å². The zero-order valence-corrected chi connectivity index (χ0v) is 11.9. The van der Waals surface area contributed by atoms with Crippen molar-refractivity contribution in [3.63, 3.8) is 0 Å². The van der Waals surface area contributed by atoms with Crippen LogP contribution < -0.4 is 5.32 Å². The Morgan fingerprint density at radius 3 is 2.68 bits per heavy atom. The molecule has 1 saturated carbocycles. The number of hydrogen-bond acceptors (Lipinski definition) is 5. The fraction of sp³-hybridized carbons (Fsp3) is 0.615. The Morgan fingerprint density at radius 1 is 1.47 bits per heavy atom. The molecule has 0 saturated heterocycles. The molecule has 19 heavy (non-hydrogen) atoms. The number of thiazole rings is 1. The molecule has 0 aromatic carbocycles. The van der Waals surface area contributed by atoms with Gasteiger partial charge in [0.15, 0.2) is 16.6 Å². The summed E-state index contributed by atoms with van der Waals surface area (Å²) in [5.74, 6) is -0.0140. The molecule has 1 fully saturated rings. The lowest BCUT2D eigenvalue weighted by Gasteiger charge is -2.09. The number of ketones is 1. The number of carboxylic acids is 1. The summed E-state index contributed by atoms with van der Waals surface area (Å²) < 4.78 is 0. The maximum Gasteiger partial charge on any atom is 0.356 e. The quantitative estimate of drug-likeness (QED) is 0.812. The molecular formula is C13H18N2O3S. The molecule has 1 aromatic heterocycles. The molecule has 2 unspecified atom stereocenters. The van der Waals surface area contributed by atoms with E-state index < -0.39 is 5.97 Å². The minimum Gasteiger partial charge on any atom is -0.476 e. The van der Waals surface area contributed by atoms with E-state index in [9.17, 15) is 9.59 Å². The highest BCUT2D eigenvalue weighted by Gasteiger charge is 2.23. The summed E-state index contributed by atoms with van der Waals surface area (Å²) >= 11 is 1.13. The lowest BCUT2D eigenvalue weighted by molar-refractivity contribution is 0.0687. The number of hydrogen-bond donors (Lipinski definition) is 2. The van der Waals surface area contributed by atoms with Crippen LogP contribution in [0, 0.1) is 11.8 Å². The fourth-order valence-corrected chi connectivity index (χ4v) is 3.38. The van der Waals surface area contributed by atoms with Crippen LogP contribution in [0.5, 0.6) is 0 Å². The number of rotatable bonds is 5. The number of aromatic carboxylic acids is 1.